The van der Waals surface area contributed by atoms with E-state index in [2.05, 4.69) is 71.1 Å². The summed E-state index contributed by atoms with van der Waals surface area (Å²) in [5, 5.41) is 3.61. The maximum atomic E-state index is 3.61. The molecule has 0 bridgehead atoms. The minimum absolute atomic E-state index is 0.434. The zero-order valence-corrected chi connectivity index (χ0v) is 14.3. The van der Waals surface area contributed by atoms with Crippen LogP contribution in [-0.4, -0.2) is 12.6 Å². The first-order chi connectivity index (χ1) is 9.26. The Hall–Kier alpha value is -0.820. The quantitative estimate of drug-likeness (QED) is 0.740. The van der Waals surface area contributed by atoms with Gasteiger partial charge in [-0.2, -0.15) is 0 Å². The summed E-state index contributed by atoms with van der Waals surface area (Å²) in [6.07, 6.45) is 3.79. The standard InChI is InChI=1S/C19H33N/c1-15(2)20-14-18(11-12-19(4,5)6)13-17-9-7-16(3)8-10-17/h7-10,15,18,20H,11-14H2,1-6H3. The highest BCUT2D eigenvalue weighted by Crippen LogP contribution is 2.25. The molecule has 20 heavy (non-hydrogen) atoms. The second-order valence-corrected chi connectivity index (χ2v) is 7.72. The van der Waals surface area contributed by atoms with Gasteiger partial charge in [0.05, 0.1) is 0 Å². The van der Waals surface area contributed by atoms with E-state index >= 15 is 0 Å². The van der Waals surface area contributed by atoms with Gasteiger partial charge in [-0.3, -0.25) is 0 Å². The van der Waals surface area contributed by atoms with Gasteiger partial charge >= 0.3 is 0 Å². The first-order valence-corrected chi connectivity index (χ1v) is 8.05. The van der Waals surface area contributed by atoms with Crippen molar-refractivity contribution in [1.82, 2.24) is 5.32 Å². The van der Waals surface area contributed by atoms with Crippen LogP contribution in [0.25, 0.3) is 0 Å². The van der Waals surface area contributed by atoms with Crippen LogP contribution in [0.5, 0.6) is 0 Å². The van der Waals surface area contributed by atoms with Crippen molar-refractivity contribution in [2.45, 2.75) is 66.8 Å². The lowest BCUT2D eigenvalue weighted by Gasteiger charge is -2.24. The molecule has 0 aliphatic heterocycles. The molecule has 1 aromatic carbocycles. The molecule has 114 valence electrons. The minimum atomic E-state index is 0.434. The average molecular weight is 275 g/mol. The smallest absolute Gasteiger partial charge is 0.00104 e. The Bertz CT molecular complexity index is 370. The van der Waals surface area contributed by atoms with Crippen LogP contribution in [-0.2, 0) is 6.42 Å². The lowest BCUT2D eigenvalue weighted by molar-refractivity contribution is 0.310. The molecule has 1 atom stereocenters. The summed E-state index contributed by atoms with van der Waals surface area (Å²) in [5.41, 5.74) is 3.25. The van der Waals surface area contributed by atoms with Crippen LogP contribution in [0.3, 0.4) is 0 Å². The Morgan fingerprint density at radius 1 is 1.05 bits per heavy atom. The van der Waals surface area contributed by atoms with E-state index in [0.29, 0.717) is 11.5 Å². The molecule has 1 N–H and O–H groups in total. The fraction of sp³-hybridized carbons (Fsp3) is 0.684. The van der Waals surface area contributed by atoms with E-state index in [1.807, 2.05) is 0 Å². The van der Waals surface area contributed by atoms with E-state index in [-0.39, 0.29) is 0 Å². The molecule has 1 unspecified atom stereocenters. The van der Waals surface area contributed by atoms with Crippen LogP contribution in [0.2, 0.25) is 0 Å². The highest BCUT2D eigenvalue weighted by Gasteiger charge is 2.16. The number of hydrogen-bond donors (Lipinski definition) is 1. The Morgan fingerprint density at radius 3 is 2.15 bits per heavy atom. The van der Waals surface area contributed by atoms with Crippen molar-refractivity contribution >= 4 is 0 Å². The van der Waals surface area contributed by atoms with E-state index in [1.165, 1.54) is 30.4 Å². The second kappa shape index (κ2) is 7.83. The van der Waals surface area contributed by atoms with Gasteiger partial charge < -0.3 is 5.32 Å². The topological polar surface area (TPSA) is 12.0 Å². The summed E-state index contributed by atoms with van der Waals surface area (Å²) in [4.78, 5) is 0. The fourth-order valence-corrected chi connectivity index (χ4v) is 2.37. The molecule has 0 fully saturated rings. The average Bonchev–Trinajstić information content (AvgIpc) is 2.34. The summed E-state index contributed by atoms with van der Waals surface area (Å²) in [5.74, 6) is 0.735. The van der Waals surface area contributed by atoms with Gasteiger partial charge in [0.15, 0.2) is 0 Å². The summed E-state index contributed by atoms with van der Waals surface area (Å²) >= 11 is 0. The van der Waals surface area contributed by atoms with Crippen molar-refractivity contribution in [3.8, 4) is 0 Å². The van der Waals surface area contributed by atoms with Gasteiger partial charge in [0.2, 0.25) is 0 Å². The van der Waals surface area contributed by atoms with Crippen molar-refractivity contribution in [3.05, 3.63) is 35.4 Å². The highest BCUT2D eigenvalue weighted by molar-refractivity contribution is 5.21. The first kappa shape index (κ1) is 17.2. The normalized spacial score (nSPS) is 13.8. The van der Waals surface area contributed by atoms with E-state index in [0.717, 1.165) is 12.5 Å². The van der Waals surface area contributed by atoms with Gasteiger partial charge in [-0.15, -0.1) is 0 Å². The molecule has 1 nitrogen and oxygen atoms in total. The predicted molar refractivity (Wildman–Crippen MR) is 90.2 cm³/mol. The lowest BCUT2D eigenvalue weighted by atomic mass is 9.84. The summed E-state index contributed by atoms with van der Waals surface area (Å²) < 4.78 is 0. The van der Waals surface area contributed by atoms with Crippen LogP contribution in [0, 0.1) is 18.3 Å². The van der Waals surface area contributed by atoms with E-state index in [4.69, 9.17) is 0 Å². The number of hydrogen-bond acceptors (Lipinski definition) is 1. The molecule has 0 radical (unpaired) electrons. The van der Waals surface area contributed by atoms with Gasteiger partial charge in [0, 0.05) is 6.04 Å². The molecule has 1 heteroatoms. The largest absolute Gasteiger partial charge is 0.314 e. The molecule has 0 saturated carbocycles. The number of nitrogens with one attached hydrogen (secondary N) is 1. The second-order valence-electron chi connectivity index (χ2n) is 7.72. The fourth-order valence-electron chi connectivity index (χ4n) is 2.37. The Balaban J connectivity index is 2.58. The third-order valence-corrected chi connectivity index (χ3v) is 3.76. The molecule has 0 aliphatic carbocycles. The third-order valence-electron chi connectivity index (χ3n) is 3.76. The predicted octanol–water partition coefficient (Wildman–Crippen LogP) is 4.98. The van der Waals surface area contributed by atoms with Gasteiger partial charge in [-0.25, -0.2) is 0 Å². The Kier molecular flexibility index (Phi) is 6.75. The minimum Gasteiger partial charge on any atom is -0.314 e. The van der Waals surface area contributed by atoms with Crippen LogP contribution < -0.4 is 5.32 Å². The van der Waals surface area contributed by atoms with Crippen molar-refractivity contribution in [3.63, 3.8) is 0 Å². The molecule has 0 aliphatic rings. The number of rotatable bonds is 7. The van der Waals surface area contributed by atoms with Crippen molar-refractivity contribution in [1.29, 1.82) is 0 Å². The first-order valence-electron chi connectivity index (χ1n) is 8.05. The van der Waals surface area contributed by atoms with Crippen LogP contribution in [0.4, 0.5) is 0 Å². The molecule has 0 saturated heterocycles. The molecule has 0 amide bonds. The van der Waals surface area contributed by atoms with Crippen molar-refractivity contribution in [2.24, 2.45) is 11.3 Å². The zero-order valence-electron chi connectivity index (χ0n) is 14.3. The summed E-state index contributed by atoms with van der Waals surface area (Å²) in [6, 6.07) is 9.60. The van der Waals surface area contributed by atoms with E-state index in [1.54, 1.807) is 0 Å². The summed E-state index contributed by atoms with van der Waals surface area (Å²) in [6.45, 7) is 14.8. The van der Waals surface area contributed by atoms with Crippen LogP contribution >= 0.6 is 0 Å². The van der Waals surface area contributed by atoms with Gasteiger partial charge in [0.1, 0.15) is 0 Å². The van der Waals surface area contributed by atoms with Gasteiger partial charge in [-0.1, -0.05) is 64.4 Å². The van der Waals surface area contributed by atoms with E-state index < -0.39 is 0 Å². The molecule has 1 aromatic rings. The van der Waals surface area contributed by atoms with Crippen LogP contribution in [0.15, 0.2) is 24.3 Å². The summed E-state index contributed by atoms with van der Waals surface area (Å²) in [7, 11) is 0. The van der Waals surface area contributed by atoms with Gasteiger partial charge in [-0.05, 0) is 49.6 Å². The lowest BCUT2D eigenvalue weighted by Crippen LogP contribution is -2.30. The molecule has 1 rings (SSSR count). The third kappa shape index (κ3) is 7.69. The van der Waals surface area contributed by atoms with Crippen molar-refractivity contribution < 1.29 is 0 Å². The molecule has 0 heterocycles. The zero-order chi connectivity index (χ0) is 15.2. The highest BCUT2D eigenvalue weighted by atomic mass is 14.9. The van der Waals surface area contributed by atoms with Crippen LogP contribution in [0.1, 0.15) is 58.6 Å². The number of aryl methyl sites for hydroxylation is 1. The Morgan fingerprint density at radius 2 is 1.65 bits per heavy atom. The Labute approximate surface area is 126 Å². The SMILES string of the molecule is Cc1ccc(CC(CCC(C)(C)C)CNC(C)C)cc1. The van der Waals surface area contributed by atoms with Crippen molar-refractivity contribution in [2.75, 3.05) is 6.54 Å². The van der Waals surface area contributed by atoms with E-state index in [9.17, 15) is 0 Å². The van der Waals surface area contributed by atoms with Gasteiger partial charge in [0.25, 0.3) is 0 Å². The number of benzene rings is 1. The maximum absolute atomic E-state index is 3.61. The molecular weight excluding hydrogens is 242 g/mol. The molecule has 0 aromatic heterocycles. The maximum Gasteiger partial charge on any atom is 0.00104 e. The monoisotopic (exact) mass is 275 g/mol. The molecule has 0 spiro atoms. The molecular formula is C19H33N.